The van der Waals surface area contributed by atoms with Crippen LogP contribution in [-0.4, -0.2) is 32.0 Å². The van der Waals surface area contributed by atoms with Crippen LogP contribution in [0.25, 0.3) is 0 Å². The van der Waals surface area contributed by atoms with Crippen molar-refractivity contribution in [3.63, 3.8) is 0 Å². The van der Waals surface area contributed by atoms with E-state index in [-0.39, 0.29) is 11.3 Å². The Morgan fingerprint density at radius 1 is 1.24 bits per heavy atom. The zero-order valence-electron chi connectivity index (χ0n) is 11.4. The molecule has 1 N–H and O–H groups in total. The van der Waals surface area contributed by atoms with Crippen molar-refractivity contribution in [2.75, 3.05) is 12.3 Å². The number of rotatable bonds is 7. The third-order valence-corrected chi connectivity index (χ3v) is 6.15. The molecule has 0 amide bonds. The Kier molecular flexibility index (Phi) is 5.93. The molecule has 0 aliphatic heterocycles. The molecule has 0 radical (unpaired) electrons. The predicted octanol–water partition coefficient (Wildman–Crippen LogP) is 2.37. The second-order valence-electron chi connectivity index (χ2n) is 5.49. The zero-order valence-corrected chi connectivity index (χ0v) is 12.2. The van der Waals surface area contributed by atoms with Crippen LogP contribution in [0.2, 0.25) is 0 Å². The fourth-order valence-corrected chi connectivity index (χ4v) is 4.65. The molecule has 1 rings (SSSR count). The molecule has 102 valence electrons. The molecule has 0 aromatic carbocycles. The van der Waals surface area contributed by atoms with Crippen LogP contribution in [-0.2, 0) is 9.84 Å². The molecule has 1 aliphatic carbocycles. The lowest BCUT2D eigenvalue weighted by Crippen LogP contribution is -2.33. The second-order valence-corrected chi connectivity index (χ2v) is 7.95. The van der Waals surface area contributed by atoms with Gasteiger partial charge < -0.3 is 5.32 Å². The highest BCUT2D eigenvalue weighted by Crippen LogP contribution is 2.27. The first kappa shape index (κ1) is 15.0. The summed E-state index contributed by atoms with van der Waals surface area (Å²) in [6.45, 7) is 6.87. The van der Waals surface area contributed by atoms with Crippen molar-refractivity contribution in [1.29, 1.82) is 0 Å². The van der Waals surface area contributed by atoms with Gasteiger partial charge in [0.1, 0.15) is 0 Å². The van der Waals surface area contributed by atoms with Gasteiger partial charge in [0.05, 0.1) is 11.0 Å². The van der Waals surface area contributed by atoms with Crippen molar-refractivity contribution in [2.45, 2.75) is 64.2 Å². The molecule has 0 aromatic heterocycles. The Labute approximate surface area is 106 Å². The predicted molar refractivity (Wildman–Crippen MR) is 73.0 cm³/mol. The molecular weight excluding hydrogens is 234 g/mol. The van der Waals surface area contributed by atoms with Crippen LogP contribution in [0.15, 0.2) is 0 Å². The van der Waals surface area contributed by atoms with Gasteiger partial charge in [-0.15, -0.1) is 0 Å². The van der Waals surface area contributed by atoms with Gasteiger partial charge in [-0.25, -0.2) is 8.42 Å². The van der Waals surface area contributed by atoms with Crippen LogP contribution in [0.4, 0.5) is 0 Å². The van der Waals surface area contributed by atoms with E-state index in [4.69, 9.17) is 0 Å². The minimum atomic E-state index is -2.90. The minimum absolute atomic E-state index is 0.211. The molecule has 4 heteroatoms. The maximum absolute atomic E-state index is 12.2. The van der Waals surface area contributed by atoms with Gasteiger partial charge in [-0.05, 0) is 45.6 Å². The molecule has 0 heterocycles. The summed E-state index contributed by atoms with van der Waals surface area (Å²) in [5.41, 5.74) is 0. The number of sulfone groups is 1. The molecule has 0 bridgehead atoms. The first-order chi connectivity index (χ1) is 7.95. The smallest absolute Gasteiger partial charge is 0.153 e. The van der Waals surface area contributed by atoms with Crippen molar-refractivity contribution < 1.29 is 8.42 Å². The highest BCUT2D eigenvalue weighted by atomic mass is 32.2. The molecule has 1 aliphatic rings. The van der Waals surface area contributed by atoms with E-state index in [0.29, 0.717) is 11.7 Å². The molecule has 2 unspecified atom stereocenters. The third kappa shape index (κ3) is 4.96. The van der Waals surface area contributed by atoms with Crippen LogP contribution in [0.1, 0.15) is 52.9 Å². The second kappa shape index (κ2) is 6.74. The first-order valence-corrected chi connectivity index (χ1v) is 8.62. The van der Waals surface area contributed by atoms with Crippen molar-refractivity contribution in [3.8, 4) is 0 Å². The summed E-state index contributed by atoms with van der Waals surface area (Å²) in [6.07, 6.45) is 5.36. The van der Waals surface area contributed by atoms with Gasteiger partial charge in [0.15, 0.2) is 9.84 Å². The van der Waals surface area contributed by atoms with E-state index in [9.17, 15) is 8.42 Å². The lowest BCUT2D eigenvalue weighted by molar-refractivity contribution is 0.501. The number of hydrogen-bond donors (Lipinski definition) is 1. The number of nitrogens with one attached hydrogen (secondary N) is 1. The van der Waals surface area contributed by atoms with Gasteiger partial charge >= 0.3 is 0 Å². The quantitative estimate of drug-likeness (QED) is 0.765. The van der Waals surface area contributed by atoms with Gasteiger partial charge in [0.25, 0.3) is 0 Å². The van der Waals surface area contributed by atoms with Crippen molar-refractivity contribution >= 4 is 9.84 Å². The monoisotopic (exact) mass is 261 g/mol. The van der Waals surface area contributed by atoms with Gasteiger partial charge in [-0.1, -0.05) is 19.8 Å². The zero-order chi connectivity index (χ0) is 12.9. The van der Waals surface area contributed by atoms with Gasteiger partial charge in [-0.2, -0.15) is 0 Å². The average Bonchev–Trinajstić information content (AvgIpc) is 2.69. The average molecular weight is 261 g/mol. The Balaban J connectivity index is 2.44. The highest BCUT2D eigenvalue weighted by Gasteiger charge is 2.27. The van der Waals surface area contributed by atoms with E-state index in [0.717, 1.165) is 25.8 Å². The van der Waals surface area contributed by atoms with E-state index in [1.165, 1.54) is 12.8 Å². The topological polar surface area (TPSA) is 46.2 Å². The summed E-state index contributed by atoms with van der Waals surface area (Å²) in [7, 11) is -2.90. The molecule has 2 atom stereocenters. The van der Waals surface area contributed by atoms with Crippen molar-refractivity contribution in [2.24, 2.45) is 5.92 Å². The highest BCUT2D eigenvalue weighted by molar-refractivity contribution is 7.92. The summed E-state index contributed by atoms with van der Waals surface area (Å²) in [4.78, 5) is 0. The molecule has 0 spiro atoms. The van der Waals surface area contributed by atoms with Crippen LogP contribution in [0, 0.1) is 5.92 Å². The molecular formula is C13H27NO2S. The van der Waals surface area contributed by atoms with Gasteiger partial charge in [0, 0.05) is 6.04 Å². The van der Waals surface area contributed by atoms with E-state index in [1.54, 1.807) is 0 Å². The summed E-state index contributed by atoms with van der Waals surface area (Å²) < 4.78 is 24.4. The fraction of sp³-hybridized carbons (Fsp3) is 1.00. The lowest BCUT2D eigenvalue weighted by atomic mass is 10.1. The van der Waals surface area contributed by atoms with E-state index in [1.807, 2.05) is 13.8 Å². The molecule has 0 saturated heterocycles. The van der Waals surface area contributed by atoms with E-state index >= 15 is 0 Å². The molecule has 3 nitrogen and oxygen atoms in total. The summed E-state index contributed by atoms with van der Waals surface area (Å²) in [6, 6.07) is 0.286. The van der Waals surface area contributed by atoms with E-state index in [2.05, 4.69) is 12.2 Å². The maximum Gasteiger partial charge on any atom is 0.153 e. The van der Waals surface area contributed by atoms with Crippen LogP contribution in [0.3, 0.4) is 0 Å². The first-order valence-electron chi connectivity index (χ1n) is 6.90. The van der Waals surface area contributed by atoms with Crippen LogP contribution >= 0.6 is 0 Å². The standard InChI is InChI=1S/C13H27NO2S/c1-4-14-11(2)9-12(3)17(15,16)10-13-7-5-6-8-13/h11-14H,4-10H2,1-3H3. The minimum Gasteiger partial charge on any atom is -0.314 e. The summed E-state index contributed by atoms with van der Waals surface area (Å²) in [5, 5.41) is 3.07. The third-order valence-electron chi connectivity index (χ3n) is 3.79. The van der Waals surface area contributed by atoms with E-state index < -0.39 is 9.84 Å². The van der Waals surface area contributed by atoms with Crippen molar-refractivity contribution in [3.05, 3.63) is 0 Å². The summed E-state index contributed by atoms with van der Waals surface area (Å²) in [5.74, 6) is 0.837. The molecule has 1 fully saturated rings. The van der Waals surface area contributed by atoms with Crippen molar-refractivity contribution in [1.82, 2.24) is 5.32 Å². The Morgan fingerprint density at radius 3 is 2.35 bits per heavy atom. The molecule has 17 heavy (non-hydrogen) atoms. The molecule has 0 aromatic rings. The van der Waals surface area contributed by atoms with Crippen LogP contribution < -0.4 is 5.32 Å². The fourth-order valence-electron chi connectivity index (χ4n) is 2.75. The lowest BCUT2D eigenvalue weighted by Gasteiger charge is -2.20. The SMILES string of the molecule is CCNC(C)CC(C)S(=O)(=O)CC1CCCC1. The largest absolute Gasteiger partial charge is 0.314 e. The normalized spacial score (nSPS) is 21.6. The number of hydrogen-bond acceptors (Lipinski definition) is 3. The van der Waals surface area contributed by atoms with Gasteiger partial charge in [0.2, 0.25) is 0 Å². The summed E-state index contributed by atoms with van der Waals surface area (Å²) >= 11 is 0. The Morgan fingerprint density at radius 2 is 1.82 bits per heavy atom. The Bertz CT molecular complexity index is 307. The Hall–Kier alpha value is -0.0900. The van der Waals surface area contributed by atoms with Crippen LogP contribution in [0.5, 0.6) is 0 Å². The maximum atomic E-state index is 12.2. The van der Waals surface area contributed by atoms with Gasteiger partial charge in [-0.3, -0.25) is 0 Å². The molecule has 1 saturated carbocycles.